The molecular formula is C22H26ClF3N2O2. The maximum absolute atomic E-state index is 13.1. The van der Waals surface area contributed by atoms with Gasteiger partial charge in [-0.15, -0.1) is 0 Å². The van der Waals surface area contributed by atoms with Crippen molar-refractivity contribution in [2.45, 2.75) is 57.7 Å². The first-order chi connectivity index (χ1) is 14.2. The van der Waals surface area contributed by atoms with Crippen LogP contribution in [0.5, 0.6) is 5.75 Å². The van der Waals surface area contributed by atoms with Crippen LogP contribution in [-0.2, 0) is 11.2 Å². The van der Waals surface area contributed by atoms with E-state index in [0.29, 0.717) is 36.3 Å². The van der Waals surface area contributed by atoms with Gasteiger partial charge in [-0.1, -0.05) is 18.0 Å². The predicted molar refractivity (Wildman–Crippen MR) is 107 cm³/mol. The first kappa shape index (κ1) is 22.7. The topological polar surface area (TPSA) is 53.3 Å². The minimum absolute atomic E-state index is 0.00509. The lowest BCUT2D eigenvalue weighted by atomic mass is 9.65. The van der Waals surface area contributed by atoms with Crippen LogP contribution in [0.15, 0.2) is 12.1 Å². The molecule has 1 amide bonds. The Bertz CT molecular complexity index is 837. The molecule has 1 aromatic carbocycles. The van der Waals surface area contributed by atoms with E-state index in [4.69, 9.17) is 16.3 Å². The van der Waals surface area contributed by atoms with Crippen molar-refractivity contribution in [3.8, 4) is 11.8 Å². The minimum Gasteiger partial charge on any atom is -0.495 e. The molecule has 1 saturated heterocycles. The smallest absolute Gasteiger partial charge is 0.389 e. The maximum Gasteiger partial charge on any atom is 0.389 e. The molecule has 3 rings (SSSR count). The number of methoxy groups -OCH3 is 1. The molecule has 1 heterocycles. The molecular weight excluding hydrogens is 417 g/mol. The lowest BCUT2D eigenvalue weighted by Crippen LogP contribution is -2.53. The van der Waals surface area contributed by atoms with Crippen molar-refractivity contribution in [3.63, 3.8) is 0 Å². The number of benzene rings is 1. The van der Waals surface area contributed by atoms with Crippen molar-refractivity contribution >= 4 is 17.5 Å². The van der Waals surface area contributed by atoms with Crippen molar-refractivity contribution in [1.29, 1.82) is 5.26 Å². The second-order valence-electron chi connectivity index (χ2n) is 8.35. The second-order valence-corrected chi connectivity index (χ2v) is 8.73. The van der Waals surface area contributed by atoms with Gasteiger partial charge in [0, 0.05) is 24.6 Å². The van der Waals surface area contributed by atoms with Gasteiger partial charge in [0.15, 0.2) is 0 Å². The average Bonchev–Trinajstić information content (AvgIpc) is 2.69. The molecule has 164 valence electrons. The number of fused-ring (bicyclic) bond motifs is 1. The van der Waals surface area contributed by atoms with Gasteiger partial charge in [0.25, 0.3) is 0 Å². The second kappa shape index (κ2) is 9.05. The number of ether oxygens (including phenoxy) is 1. The summed E-state index contributed by atoms with van der Waals surface area (Å²) in [5.74, 6) is -0.0611. The number of alkyl halides is 3. The Morgan fingerprint density at radius 2 is 2.03 bits per heavy atom. The van der Waals surface area contributed by atoms with Gasteiger partial charge in [-0.3, -0.25) is 4.79 Å². The van der Waals surface area contributed by atoms with Gasteiger partial charge in [-0.2, -0.15) is 18.4 Å². The Kier molecular flexibility index (Phi) is 6.86. The van der Waals surface area contributed by atoms with Crippen molar-refractivity contribution in [1.82, 2.24) is 4.90 Å². The van der Waals surface area contributed by atoms with Gasteiger partial charge in [0.1, 0.15) is 5.75 Å². The van der Waals surface area contributed by atoms with Crippen LogP contribution in [0.25, 0.3) is 0 Å². The van der Waals surface area contributed by atoms with E-state index in [1.807, 2.05) is 6.92 Å². The summed E-state index contributed by atoms with van der Waals surface area (Å²) in [6, 6.07) is 5.09. The molecule has 1 aliphatic carbocycles. The quantitative estimate of drug-likeness (QED) is 0.630. The molecule has 2 aliphatic rings. The molecule has 4 unspecified atom stereocenters. The Morgan fingerprint density at radius 1 is 1.30 bits per heavy atom. The molecule has 1 saturated carbocycles. The number of hydrogen-bond acceptors (Lipinski definition) is 3. The molecule has 0 radical (unpaired) electrons. The first-order valence-electron chi connectivity index (χ1n) is 10.3. The van der Waals surface area contributed by atoms with Gasteiger partial charge in [-0.25, -0.2) is 0 Å². The van der Waals surface area contributed by atoms with E-state index in [0.717, 1.165) is 12.8 Å². The highest BCUT2D eigenvalue weighted by Crippen LogP contribution is 2.47. The van der Waals surface area contributed by atoms with E-state index in [1.165, 1.54) is 7.11 Å². The molecule has 8 heteroatoms. The van der Waals surface area contributed by atoms with Gasteiger partial charge in [0.05, 0.1) is 30.2 Å². The molecule has 1 aromatic rings. The lowest BCUT2D eigenvalue weighted by Gasteiger charge is -2.49. The summed E-state index contributed by atoms with van der Waals surface area (Å²) >= 11 is 6.35. The third-order valence-electron chi connectivity index (χ3n) is 6.77. The summed E-state index contributed by atoms with van der Waals surface area (Å²) in [6.45, 7) is 2.36. The van der Waals surface area contributed by atoms with Crippen LogP contribution >= 0.6 is 11.6 Å². The number of hydrogen-bond donors (Lipinski definition) is 0. The monoisotopic (exact) mass is 442 g/mol. The Labute approximate surface area is 179 Å². The van der Waals surface area contributed by atoms with Crippen LogP contribution < -0.4 is 4.74 Å². The summed E-state index contributed by atoms with van der Waals surface area (Å²) in [5, 5.41) is 9.64. The van der Waals surface area contributed by atoms with Crippen LogP contribution in [0.1, 0.15) is 50.2 Å². The number of halogens is 4. The lowest BCUT2D eigenvalue weighted by molar-refractivity contribution is -0.160. The standard InChI is InChI=1S/C22H26ClF3N2O2/c1-13-16-5-3-4-14(11-22(24,25)26)17(16)8-9-28(13)20(29)10-18-15(12-27)6-7-19(30-2)21(18)23/h6-7,13-14,16-17H,3-5,8-11H2,1-2H3. The fraction of sp³-hybridized carbons (Fsp3) is 0.636. The van der Waals surface area contributed by atoms with Gasteiger partial charge < -0.3 is 9.64 Å². The van der Waals surface area contributed by atoms with Gasteiger partial charge in [-0.05, 0) is 56.1 Å². The van der Waals surface area contributed by atoms with Gasteiger partial charge >= 0.3 is 6.18 Å². The van der Waals surface area contributed by atoms with E-state index in [2.05, 4.69) is 6.07 Å². The van der Waals surface area contributed by atoms with Crippen LogP contribution in [0.3, 0.4) is 0 Å². The third kappa shape index (κ3) is 4.69. The zero-order chi connectivity index (χ0) is 22.1. The van der Waals surface area contributed by atoms with E-state index in [1.54, 1.807) is 17.0 Å². The molecule has 0 N–H and O–H groups in total. The number of nitriles is 1. The summed E-state index contributed by atoms with van der Waals surface area (Å²) in [7, 11) is 1.46. The zero-order valence-corrected chi connectivity index (χ0v) is 17.9. The van der Waals surface area contributed by atoms with Crippen LogP contribution in [-0.4, -0.2) is 36.7 Å². The minimum atomic E-state index is -4.15. The fourth-order valence-corrected chi connectivity index (χ4v) is 5.66. The largest absolute Gasteiger partial charge is 0.495 e. The SMILES string of the molecule is COc1ccc(C#N)c(CC(=O)N2CCC3C(CC(F)(F)F)CCCC3C2C)c1Cl. The summed E-state index contributed by atoms with van der Waals surface area (Å²) in [4.78, 5) is 14.9. The number of amides is 1. The van der Waals surface area contributed by atoms with E-state index >= 15 is 0 Å². The molecule has 4 nitrogen and oxygen atoms in total. The van der Waals surface area contributed by atoms with E-state index in [9.17, 15) is 23.2 Å². The number of rotatable bonds is 4. The van der Waals surface area contributed by atoms with Crippen molar-refractivity contribution in [2.75, 3.05) is 13.7 Å². The number of nitrogens with zero attached hydrogens (tertiary/aromatic N) is 2. The maximum atomic E-state index is 13.1. The molecule has 4 atom stereocenters. The number of likely N-dealkylation sites (tertiary alicyclic amines) is 1. The molecule has 2 fully saturated rings. The highest BCUT2D eigenvalue weighted by atomic mass is 35.5. The van der Waals surface area contributed by atoms with E-state index in [-0.39, 0.29) is 41.1 Å². The summed E-state index contributed by atoms with van der Waals surface area (Å²) in [5.41, 5.74) is 0.746. The summed E-state index contributed by atoms with van der Waals surface area (Å²) < 4.78 is 44.2. The molecule has 0 aromatic heterocycles. The molecule has 0 spiro atoms. The summed E-state index contributed by atoms with van der Waals surface area (Å²) in [6.07, 6.45) is -2.14. The van der Waals surface area contributed by atoms with Crippen LogP contribution in [0.4, 0.5) is 13.2 Å². The van der Waals surface area contributed by atoms with Gasteiger partial charge in [0.2, 0.25) is 5.91 Å². The average molecular weight is 443 g/mol. The van der Waals surface area contributed by atoms with Crippen molar-refractivity contribution < 1.29 is 22.7 Å². The Balaban J connectivity index is 1.76. The number of carbonyl (C=O) groups is 1. The highest BCUT2D eigenvalue weighted by Gasteiger charge is 2.46. The Morgan fingerprint density at radius 3 is 2.67 bits per heavy atom. The fourth-order valence-electron chi connectivity index (χ4n) is 5.36. The van der Waals surface area contributed by atoms with E-state index < -0.39 is 12.6 Å². The third-order valence-corrected chi connectivity index (χ3v) is 7.19. The molecule has 0 bridgehead atoms. The highest BCUT2D eigenvalue weighted by molar-refractivity contribution is 6.33. The molecule has 1 aliphatic heterocycles. The predicted octanol–water partition coefficient (Wildman–Crippen LogP) is 5.37. The Hall–Kier alpha value is -1.94. The normalized spacial score (nSPS) is 26.6. The zero-order valence-electron chi connectivity index (χ0n) is 17.1. The first-order valence-corrected chi connectivity index (χ1v) is 10.7. The van der Waals surface area contributed by atoms with Crippen molar-refractivity contribution in [2.24, 2.45) is 17.8 Å². The van der Waals surface area contributed by atoms with Crippen LogP contribution in [0.2, 0.25) is 5.02 Å². The molecule has 30 heavy (non-hydrogen) atoms. The number of piperidine rings is 1. The number of carbonyl (C=O) groups excluding carboxylic acids is 1. The van der Waals surface area contributed by atoms with Crippen LogP contribution in [0, 0.1) is 29.1 Å². The van der Waals surface area contributed by atoms with Crippen molar-refractivity contribution in [3.05, 3.63) is 28.3 Å².